The lowest BCUT2D eigenvalue weighted by molar-refractivity contribution is 0.587. The number of rotatable bonds is 1. The molecule has 0 aliphatic rings. The number of aryl methyl sites for hydroxylation is 1. The number of imidazole rings is 1. The van der Waals surface area contributed by atoms with Crippen molar-refractivity contribution in [3.05, 3.63) is 50.8 Å². The fourth-order valence-corrected chi connectivity index (χ4v) is 2.60. The Morgan fingerprint density at radius 2 is 2.00 bits per heavy atom. The molecule has 0 unspecified atom stereocenters. The summed E-state index contributed by atoms with van der Waals surface area (Å²) in [6.07, 6.45) is 0. The Morgan fingerprint density at radius 1 is 1.25 bits per heavy atom. The zero-order chi connectivity index (χ0) is 14.4. The van der Waals surface area contributed by atoms with E-state index in [1.165, 1.54) is 4.57 Å². The van der Waals surface area contributed by atoms with E-state index in [2.05, 4.69) is 25.9 Å². The van der Waals surface area contributed by atoms with Gasteiger partial charge >= 0.3 is 0 Å². The van der Waals surface area contributed by atoms with Crippen molar-refractivity contribution in [2.45, 2.75) is 6.92 Å². The first kappa shape index (κ1) is 13.4. The third-order valence-electron chi connectivity index (χ3n) is 2.90. The maximum atomic E-state index is 14.1. The van der Waals surface area contributed by atoms with Crippen molar-refractivity contribution in [3.63, 3.8) is 0 Å². The van der Waals surface area contributed by atoms with E-state index in [0.717, 1.165) is 17.8 Å². The van der Waals surface area contributed by atoms with Gasteiger partial charge in [-0.25, -0.2) is 13.8 Å². The van der Waals surface area contributed by atoms with E-state index >= 15 is 0 Å². The van der Waals surface area contributed by atoms with Gasteiger partial charge in [-0.1, -0.05) is 0 Å². The Balaban J connectivity index is 2.40. The van der Waals surface area contributed by atoms with Crippen LogP contribution in [0.15, 0.2) is 28.7 Å². The molecule has 1 N–H and O–H groups in total. The Kier molecular flexibility index (Phi) is 3.18. The van der Waals surface area contributed by atoms with E-state index in [9.17, 15) is 8.78 Å². The van der Waals surface area contributed by atoms with E-state index in [-0.39, 0.29) is 14.9 Å². The van der Waals surface area contributed by atoms with Crippen LogP contribution in [0.25, 0.3) is 16.9 Å². The van der Waals surface area contributed by atoms with Crippen molar-refractivity contribution in [2.75, 3.05) is 0 Å². The number of hydrogen-bond acceptors (Lipinski definition) is 2. The third-order valence-corrected chi connectivity index (χ3v) is 3.79. The maximum absolute atomic E-state index is 14.1. The van der Waals surface area contributed by atoms with Crippen LogP contribution in [0, 0.1) is 23.3 Å². The molecule has 3 nitrogen and oxygen atoms in total. The standard InChI is InChI=1S/C13H8BrF2N3S/c1-6-2-3-10-12(17-6)19(13(20)18-10)11-5-8(15)7(14)4-9(11)16/h2-5H,1H3,(H,18,20). The molecule has 0 saturated heterocycles. The van der Waals surface area contributed by atoms with E-state index in [1.54, 1.807) is 6.07 Å². The lowest BCUT2D eigenvalue weighted by Crippen LogP contribution is -2.01. The highest BCUT2D eigenvalue weighted by molar-refractivity contribution is 9.10. The zero-order valence-corrected chi connectivity index (χ0v) is 12.6. The first-order valence-corrected chi connectivity index (χ1v) is 6.91. The minimum atomic E-state index is -0.585. The van der Waals surface area contributed by atoms with Gasteiger partial charge in [0.05, 0.1) is 15.7 Å². The molecule has 0 atom stereocenters. The molecule has 0 bridgehead atoms. The summed E-state index contributed by atoms with van der Waals surface area (Å²) in [5, 5.41) is 0. The molecule has 0 amide bonds. The molecule has 2 aromatic heterocycles. The molecule has 0 saturated carbocycles. The Bertz CT molecular complexity index is 885. The van der Waals surface area contributed by atoms with Crippen LogP contribution in [-0.2, 0) is 0 Å². The summed E-state index contributed by atoms with van der Waals surface area (Å²) in [6, 6.07) is 5.78. The van der Waals surface area contributed by atoms with Crippen LogP contribution in [0.5, 0.6) is 0 Å². The van der Waals surface area contributed by atoms with Crippen LogP contribution in [0.3, 0.4) is 0 Å². The number of aromatic nitrogens is 3. The molecule has 1 aromatic carbocycles. The van der Waals surface area contributed by atoms with Gasteiger partial charge < -0.3 is 4.98 Å². The monoisotopic (exact) mass is 355 g/mol. The number of pyridine rings is 1. The topological polar surface area (TPSA) is 33.6 Å². The normalized spacial score (nSPS) is 11.2. The van der Waals surface area contributed by atoms with Gasteiger partial charge in [-0.2, -0.15) is 0 Å². The summed E-state index contributed by atoms with van der Waals surface area (Å²) in [5.41, 5.74) is 1.93. The molecule has 0 spiro atoms. The highest BCUT2D eigenvalue weighted by Crippen LogP contribution is 2.25. The fourth-order valence-electron chi connectivity index (χ4n) is 1.99. The summed E-state index contributed by atoms with van der Waals surface area (Å²) < 4.78 is 29.5. The predicted molar refractivity (Wildman–Crippen MR) is 78.6 cm³/mol. The summed E-state index contributed by atoms with van der Waals surface area (Å²) in [6.45, 7) is 1.82. The first-order valence-electron chi connectivity index (χ1n) is 5.70. The average molecular weight is 356 g/mol. The second-order valence-electron chi connectivity index (χ2n) is 4.31. The second-order valence-corrected chi connectivity index (χ2v) is 5.55. The van der Waals surface area contributed by atoms with Crippen molar-refractivity contribution in [2.24, 2.45) is 0 Å². The highest BCUT2D eigenvalue weighted by Gasteiger charge is 2.15. The molecular weight excluding hydrogens is 348 g/mol. The van der Waals surface area contributed by atoms with Gasteiger partial charge in [0.25, 0.3) is 0 Å². The number of fused-ring (bicyclic) bond motifs is 1. The lowest BCUT2D eigenvalue weighted by atomic mass is 10.3. The predicted octanol–water partition coefficient (Wildman–Crippen LogP) is 4.43. The van der Waals surface area contributed by atoms with Crippen molar-refractivity contribution in [3.8, 4) is 5.69 Å². The molecule has 0 aliphatic heterocycles. The molecule has 102 valence electrons. The number of aromatic amines is 1. The van der Waals surface area contributed by atoms with Gasteiger partial charge in [0.1, 0.15) is 11.6 Å². The number of benzene rings is 1. The molecule has 20 heavy (non-hydrogen) atoms. The highest BCUT2D eigenvalue weighted by atomic mass is 79.9. The Labute approximate surface area is 126 Å². The van der Waals surface area contributed by atoms with Crippen LogP contribution in [-0.4, -0.2) is 14.5 Å². The molecule has 3 aromatic rings. The van der Waals surface area contributed by atoms with Gasteiger partial charge in [-0.05, 0) is 53.3 Å². The van der Waals surface area contributed by atoms with E-state index in [1.807, 2.05) is 13.0 Å². The number of halogens is 3. The fraction of sp³-hybridized carbons (Fsp3) is 0.0769. The van der Waals surface area contributed by atoms with Gasteiger partial charge in [-0.3, -0.25) is 4.57 Å². The van der Waals surface area contributed by atoms with E-state index in [0.29, 0.717) is 11.2 Å². The molecule has 0 radical (unpaired) electrons. The zero-order valence-electron chi connectivity index (χ0n) is 10.2. The number of nitrogens with one attached hydrogen (secondary N) is 1. The second kappa shape index (κ2) is 4.75. The van der Waals surface area contributed by atoms with Crippen molar-refractivity contribution < 1.29 is 8.78 Å². The molecule has 3 rings (SSSR count). The average Bonchev–Trinajstić information content (AvgIpc) is 2.69. The van der Waals surface area contributed by atoms with Crippen LogP contribution < -0.4 is 0 Å². The van der Waals surface area contributed by atoms with Crippen LogP contribution in [0.4, 0.5) is 8.78 Å². The van der Waals surface area contributed by atoms with E-state index < -0.39 is 11.6 Å². The molecule has 7 heteroatoms. The SMILES string of the molecule is Cc1ccc2[nH]c(=S)n(-c3cc(F)c(Br)cc3F)c2n1. The smallest absolute Gasteiger partial charge is 0.184 e. The summed E-state index contributed by atoms with van der Waals surface area (Å²) in [5.74, 6) is -1.15. The minimum Gasteiger partial charge on any atom is -0.329 e. The maximum Gasteiger partial charge on any atom is 0.184 e. The summed E-state index contributed by atoms with van der Waals surface area (Å²) in [7, 11) is 0. The summed E-state index contributed by atoms with van der Waals surface area (Å²) in [4.78, 5) is 7.26. The molecule has 0 aliphatic carbocycles. The Hall–Kier alpha value is -1.60. The quantitative estimate of drug-likeness (QED) is 0.517. The van der Waals surface area contributed by atoms with Gasteiger partial charge in [0.15, 0.2) is 10.4 Å². The number of H-pyrrole nitrogens is 1. The molecule has 0 fully saturated rings. The minimum absolute atomic E-state index is 0.0278. The van der Waals surface area contributed by atoms with Crippen LogP contribution in [0.2, 0.25) is 0 Å². The van der Waals surface area contributed by atoms with Gasteiger partial charge in [0.2, 0.25) is 0 Å². The Morgan fingerprint density at radius 3 is 2.75 bits per heavy atom. The van der Waals surface area contributed by atoms with Crippen molar-refractivity contribution in [1.82, 2.24) is 14.5 Å². The molecule has 2 heterocycles. The van der Waals surface area contributed by atoms with Crippen molar-refractivity contribution in [1.29, 1.82) is 0 Å². The number of hydrogen-bond donors (Lipinski definition) is 1. The summed E-state index contributed by atoms with van der Waals surface area (Å²) >= 11 is 8.13. The van der Waals surface area contributed by atoms with Gasteiger partial charge in [-0.15, -0.1) is 0 Å². The van der Waals surface area contributed by atoms with Gasteiger partial charge in [0, 0.05) is 11.8 Å². The first-order chi connectivity index (χ1) is 9.47. The largest absolute Gasteiger partial charge is 0.329 e. The lowest BCUT2D eigenvalue weighted by Gasteiger charge is -2.07. The van der Waals surface area contributed by atoms with Crippen LogP contribution in [0.1, 0.15) is 5.69 Å². The van der Waals surface area contributed by atoms with Crippen molar-refractivity contribution >= 4 is 39.3 Å². The van der Waals surface area contributed by atoms with Crippen LogP contribution >= 0.6 is 28.1 Å². The third kappa shape index (κ3) is 2.06. The molecular formula is C13H8BrF2N3S. The number of nitrogens with zero attached hydrogens (tertiary/aromatic N) is 2. The van der Waals surface area contributed by atoms with E-state index in [4.69, 9.17) is 12.2 Å².